The van der Waals surface area contributed by atoms with Gasteiger partial charge in [0.05, 0.1) is 19.9 Å². The van der Waals surface area contributed by atoms with Gasteiger partial charge in [0.25, 0.3) is 5.91 Å². The van der Waals surface area contributed by atoms with Crippen LogP contribution in [0.25, 0.3) is 0 Å². The molecule has 10 heteroatoms. The van der Waals surface area contributed by atoms with Gasteiger partial charge in [0.1, 0.15) is 5.75 Å². The molecule has 3 rings (SSSR count). The van der Waals surface area contributed by atoms with Gasteiger partial charge in [-0.3, -0.25) is 14.4 Å². The lowest BCUT2D eigenvalue weighted by molar-refractivity contribution is -0.136. The van der Waals surface area contributed by atoms with Crippen LogP contribution in [0.2, 0.25) is 0 Å². The third-order valence-electron chi connectivity index (χ3n) is 5.52. The van der Waals surface area contributed by atoms with Crippen molar-refractivity contribution < 1.29 is 28.6 Å². The molecule has 0 aliphatic carbocycles. The number of benzene rings is 3. The summed E-state index contributed by atoms with van der Waals surface area (Å²) < 4.78 is 16.6. The molecule has 0 saturated carbocycles. The van der Waals surface area contributed by atoms with Crippen molar-refractivity contribution in [3.8, 4) is 17.2 Å². The van der Waals surface area contributed by atoms with E-state index in [0.717, 1.165) is 24.0 Å². The Morgan fingerprint density at radius 3 is 2.23 bits per heavy atom. The fraction of sp³-hybridized carbons (Fsp3) is 0.267. The molecule has 3 aromatic carbocycles. The van der Waals surface area contributed by atoms with Crippen molar-refractivity contribution in [1.82, 2.24) is 5.43 Å². The Labute approximate surface area is 233 Å². The summed E-state index contributed by atoms with van der Waals surface area (Å²) in [5.74, 6) is -0.684. The number of methoxy groups -OCH3 is 1. The normalized spacial score (nSPS) is 10.6. The third kappa shape index (κ3) is 9.46. The first-order valence-corrected chi connectivity index (χ1v) is 12.8. The number of aryl methyl sites for hydroxylation is 2. The number of hydrogen-bond donors (Lipinski definition) is 3. The van der Waals surface area contributed by atoms with Crippen LogP contribution >= 0.6 is 0 Å². The average molecular weight is 547 g/mol. The molecule has 40 heavy (non-hydrogen) atoms. The molecule has 0 atom stereocenters. The summed E-state index contributed by atoms with van der Waals surface area (Å²) in [6, 6.07) is 17.4. The molecule has 0 unspecified atom stereocenters. The van der Waals surface area contributed by atoms with Crippen molar-refractivity contribution in [3.05, 3.63) is 77.4 Å². The average Bonchev–Trinajstić information content (AvgIpc) is 2.92. The van der Waals surface area contributed by atoms with Gasteiger partial charge >= 0.3 is 11.8 Å². The molecule has 0 aliphatic heterocycles. The minimum absolute atomic E-state index is 0.212. The molecule has 0 heterocycles. The number of anilines is 2. The fourth-order valence-electron chi connectivity index (χ4n) is 3.64. The highest BCUT2D eigenvalue weighted by molar-refractivity contribution is 6.39. The molecule has 10 nitrogen and oxygen atoms in total. The zero-order chi connectivity index (χ0) is 28.9. The van der Waals surface area contributed by atoms with Crippen LogP contribution in [-0.2, 0) is 14.4 Å². The minimum atomic E-state index is -0.929. The summed E-state index contributed by atoms with van der Waals surface area (Å²) in [5, 5.41) is 9.15. The molecule has 3 amide bonds. The number of hydrazone groups is 1. The number of nitrogens with zero attached hydrogens (tertiary/aromatic N) is 1. The molecule has 0 radical (unpaired) electrons. The lowest BCUT2D eigenvalue weighted by Gasteiger charge is -2.12. The quantitative estimate of drug-likeness (QED) is 0.132. The van der Waals surface area contributed by atoms with E-state index in [4.69, 9.17) is 14.2 Å². The van der Waals surface area contributed by atoms with Gasteiger partial charge in [0.2, 0.25) is 0 Å². The maximum atomic E-state index is 12.3. The summed E-state index contributed by atoms with van der Waals surface area (Å²) in [6.45, 7) is 6.41. The van der Waals surface area contributed by atoms with Crippen molar-refractivity contribution in [1.29, 1.82) is 0 Å². The topological polar surface area (TPSA) is 127 Å². The molecule has 0 saturated heterocycles. The number of rotatable bonds is 12. The van der Waals surface area contributed by atoms with Crippen molar-refractivity contribution in [2.45, 2.75) is 33.6 Å². The number of carbonyl (C=O) groups is 3. The van der Waals surface area contributed by atoms with Gasteiger partial charge < -0.3 is 24.8 Å². The molecule has 0 spiro atoms. The molecular formula is C30H34N4O6. The van der Waals surface area contributed by atoms with E-state index in [0.29, 0.717) is 40.8 Å². The van der Waals surface area contributed by atoms with Crippen LogP contribution in [-0.4, -0.2) is 44.3 Å². The summed E-state index contributed by atoms with van der Waals surface area (Å²) in [7, 11) is 1.47. The first kappa shape index (κ1) is 29.7. The molecule has 0 aromatic heterocycles. The summed E-state index contributed by atoms with van der Waals surface area (Å²) in [6.07, 6.45) is 3.35. The van der Waals surface area contributed by atoms with Crippen LogP contribution in [0.1, 0.15) is 36.5 Å². The van der Waals surface area contributed by atoms with Gasteiger partial charge in [-0.2, -0.15) is 5.10 Å². The van der Waals surface area contributed by atoms with Gasteiger partial charge in [-0.1, -0.05) is 19.4 Å². The first-order chi connectivity index (χ1) is 19.3. The lowest BCUT2D eigenvalue weighted by Crippen LogP contribution is -2.32. The smallest absolute Gasteiger partial charge is 0.329 e. The van der Waals surface area contributed by atoms with Gasteiger partial charge in [0.15, 0.2) is 18.1 Å². The van der Waals surface area contributed by atoms with Crippen LogP contribution in [0, 0.1) is 13.8 Å². The standard InChI is InChI=1S/C30H34N4O6/c1-5-6-13-39-25-10-8-23(9-11-25)33-29(36)30(37)34-31-18-22-7-12-26(27(17-22)38-4)40-19-28(35)32-24-15-20(2)14-21(3)16-24/h7-12,14-18H,5-6,13,19H2,1-4H3,(H,32,35)(H,33,36)(H,34,37)/b31-18-. The molecular weight excluding hydrogens is 512 g/mol. The van der Waals surface area contributed by atoms with Crippen LogP contribution in [0.4, 0.5) is 11.4 Å². The monoisotopic (exact) mass is 546 g/mol. The van der Waals surface area contributed by atoms with Crippen LogP contribution in [0.15, 0.2) is 65.8 Å². The maximum Gasteiger partial charge on any atom is 0.329 e. The highest BCUT2D eigenvalue weighted by Crippen LogP contribution is 2.27. The summed E-state index contributed by atoms with van der Waals surface area (Å²) >= 11 is 0. The van der Waals surface area contributed by atoms with Gasteiger partial charge in [0, 0.05) is 11.4 Å². The zero-order valence-electron chi connectivity index (χ0n) is 23.1. The Morgan fingerprint density at radius 1 is 0.825 bits per heavy atom. The molecule has 3 aromatic rings. The third-order valence-corrected chi connectivity index (χ3v) is 5.52. The fourth-order valence-corrected chi connectivity index (χ4v) is 3.64. The molecule has 0 bridgehead atoms. The maximum absolute atomic E-state index is 12.3. The number of carbonyl (C=O) groups excluding carboxylic acids is 3. The first-order valence-electron chi connectivity index (χ1n) is 12.8. The van der Waals surface area contributed by atoms with E-state index in [-0.39, 0.29) is 12.5 Å². The van der Waals surface area contributed by atoms with Gasteiger partial charge in [-0.25, -0.2) is 5.43 Å². The lowest BCUT2D eigenvalue weighted by atomic mass is 10.1. The van der Waals surface area contributed by atoms with E-state index in [1.807, 2.05) is 32.0 Å². The summed E-state index contributed by atoms with van der Waals surface area (Å²) in [4.78, 5) is 36.6. The van der Waals surface area contributed by atoms with Crippen LogP contribution < -0.4 is 30.3 Å². The van der Waals surface area contributed by atoms with Crippen molar-refractivity contribution in [2.75, 3.05) is 31.0 Å². The van der Waals surface area contributed by atoms with Crippen molar-refractivity contribution >= 4 is 35.3 Å². The zero-order valence-corrected chi connectivity index (χ0v) is 23.1. The predicted molar refractivity (Wildman–Crippen MR) is 154 cm³/mol. The van der Waals surface area contributed by atoms with E-state index in [1.165, 1.54) is 13.3 Å². The highest BCUT2D eigenvalue weighted by atomic mass is 16.5. The number of hydrogen-bond acceptors (Lipinski definition) is 7. The molecule has 210 valence electrons. The second-order valence-corrected chi connectivity index (χ2v) is 9.00. The Hall–Kier alpha value is -4.86. The SMILES string of the molecule is CCCCOc1ccc(NC(=O)C(=O)N/N=C\c2ccc(OCC(=O)Nc3cc(C)cc(C)c3)c(OC)c2)cc1. The highest BCUT2D eigenvalue weighted by Gasteiger charge is 2.13. The second-order valence-electron chi connectivity index (χ2n) is 9.00. The Bertz CT molecular complexity index is 1330. The Kier molecular flexibility index (Phi) is 11.1. The molecule has 0 fully saturated rings. The number of ether oxygens (including phenoxy) is 3. The predicted octanol–water partition coefficient (Wildman–Crippen LogP) is 4.60. The molecule has 0 aliphatic rings. The molecule has 3 N–H and O–H groups in total. The van der Waals surface area contributed by atoms with E-state index < -0.39 is 11.8 Å². The van der Waals surface area contributed by atoms with Gasteiger partial charge in [-0.15, -0.1) is 0 Å². The van der Waals surface area contributed by atoms with Crippen molar-refractivity contribution in [2.24, 2.45) is 5.10 Å². The minimum Gasteiger partial charge on any atom is -0.494 e. The van der Waals surface area contributed by atoms with Gasteiger partial charge in [-0.05, 0) is 91.6 Å². The van der Waals surface area contributed by atoms with E-state index in [9.17, 15) is 14.4 Å². The van der Waals surface area contributed by atoms with Crippen LogP contribution in [0.5, 0.6) is 17.2 Å². The van der Waals surface area contributed by atoms with E-state index in [2.05, 4.69) is 28.1 Å². The number of unbranched alkanes of at least 4 members (excludes halogenated alkanes) is 1. The van der Waals surface area contributed by atoms with E-state index >= 15 is 0 Å². The summed E-state index contributed by atoms with van der Waals surface area (Å²) in [5.41, 5.74) is 6.01. The van der Waals surface area contributed by atoms with E-state index in [1.54, 1.807) is 42.5 Å². The van der Waals surface area contributed by atoms with Crippen LogP contribution in [0.3, 0.4) is 0 Å². The number of nitrogens with one attached hydrogen (secondary N) is 3. The number of amides is 3. The Morgan fingerprint density at radius 2 is 1.55 bits per heavy atom. The van der Waals surface area contributed by atoms with Crippen molar-refractivity contribution in [3.63, 3.8) is 0 Å². The second kappa shape index (κ2) is 14.9. The largest absolute Gasteiger partial charge is 0.494 e. The Balaban J connectivity index is 1.48.